The Kier molecular flexibility index (Phi) is 6.17. The Labute approximate surface area is 185 Å². The maximum atomic E-state index is 12.8. The molecule has 0 saturated heterocycles. The van der Waals surface area contributed by atoms with Gasteiger partial charge in [0.1, 0.15) is 16.4 Å². The number of hydrogen-bond acceptors (Lipinski definition) is 7. The number of anilines is 1. The number of halogens is 3. The number of carbonyl (C=O) groups is 1. The molecule has 0 aliphatic rings. The van der Waals surface area contributed by atoms with Crippen LogP contribution in [0.1, 0.15) is 0 Å². The van der Waals surface area contributed by atoms with Crippen molar-refractivity contribution in [3.63, 3.8) is 0 Å². The molecule has 0 fully saturated rings. The van der Waals surface area contributed by atoms with Crippen LogP contribution in [0.3, 0.4) is 0 Å². The van der Waals surface area contributed by atoms with Gasteiger partial charge in [-0.05, 0) is 30.3 Å². The second-order valence-electron chi connectivity index (χ2n) is 6.59. The van der Waals surface area contributed by atoms with Crippen molar-refractivity contribution in [3.8, 4) is 11.5 Å². The number of ether oxygens (including phenoxy) is 1. The molecule has 0 heterocycles. The molecule has 9 nitrogen and oxygen atoms in total. The third-order valence-electron chi connectivity index (χ3n) is 4.24. The summed E-state index contributed by atoms with van der Waals surface area (Å²) in [5, 5.41) is 19.3. The number of sulfonamides is 1. The average molecular weight is 505 g/mol. The summed E-state index contributed by atoms with van der Waals surface area (Å²) in [6, 6.07) is 9.60. The number of phenols is 1. The lowest BCUT2D eigenvalue weighted by atomic mass is 10.1. The number of phenolic OH excluding ortho intramolecular Hbond substituents is 1. The van der Waals surface area contributed by atoms with E-state index >= 15 is 0 Å². The monoisotopic (exact) mass is 505 g/mol. The highest BCUT2D eigenvalue weighted by atomic mass is 32.2. The van der Waals surface area contributed by atoms with Gasteiger partial charge in [0.25, 0.3) is 10.0 Å². The van der Waals surface area contributed by atoms with E-state index in [4.69, 9.17) is 5.11 Å². The zero-order valence-electron chi connectivity index (χ0n) is 16.2. The molecule has 0 aromatic heterocycles. The smallest absolute Gasteiger partial charge is 0.506 e. The van der Waals surface area contributed by atoms with Gasteiger partial charge < -0.3 is 14.9 Å². The van der Waals surface area contributed by atoms with E-state index in [1.54, 1.807) is 0 Å². The second-order valence-corrected chi connectivity index (χ2v) is 10.2. The lowest BCUT2D eigenvalue weighted by molar-refractivity contribution is -0.274. The number of rotatable bonds is 7. The molecule has 0 saturated carbocycles. The fraction of sp³-hybridized carbons (Fsp3) is 0.105. The van der Waals surface area contributed by atoms with E-state index < -0.39 is 59.2 Å². The number of hydrogen-bond donors (Lipinski definition) is 3. The lowest BCUT2D eigenvalue weighted by Gasteiger charge is -2.15. The van der Waals surface area contributed by atoms with Crippen LogP contribution in [0.15, 0.2) is 64.4 Å². The number of aromatic hydroxyl groups is 1. The number of fused-ring (bicyclic) bond motifs is 1. The van der Waals surface area contributed by atoms with Gasteiger partial charge in [-0.3, -0.25) is 9.52 Å². The molecule has 0 aliphatic heterocycles. The number of alkyl halides is 3. The molecule has 0 spiro atoms. The van der Waals surface area contributed by atoms with Crippen LogP contribution in [0.4, 0.5) is 18.9 Å². The number of carboxylic acid groups (broad SMARTS) is 1. The van der Waals surface area contributed by atoms with E-state index in [9.17, 15) is 39.9 Å². The molecule has 14 heteroatoms. The van der Waals surface area contributed by atoms with Gasteiger partial charge in [0.2, 0.25) is 0 Å². The predicted octanol–water partition coefficient (Wildman–Crippen LogP) is 3.10. The van der Waals surface area contributed by atoms with Crippen molar-refractivity contribution in [2.45, 2.75) is 16.2 Å². The first-order chi connectivity index (χ1) is 15.2. The van der Waals surface area contributed by atoms with Crippen LogP contribution in [0.25, 0.3) is 10.8 Å². The molecule has 3 rings (SSSR count). The Morgan fingerprint density at radius 3 is 2.09 bits per heavy atom. The van der Waals surface area contributed by atoms with Gasteiger partial charge in [-0.2, -0.15) is 0 Å². The molecule has 3 N–H and O–H groups in total. The quantitative estimate of drug-likeness (QED) is 0.415. The Hall–Kier alpha value is -3.52. The van der Waals surface area contributed by atoms with E-state index in [2.05, 4.69) is 9.46 Å². The summed E-state index contributed by atoms with van der Waals surface area (Å²) < 4.78 is 93.1. The van der Waals surface area contributed by atoms with Crippen LogP contribution >= 0.6 is 0 Å². The van der Waals surface area contributed by atoms with Crippen LogP contribution in [-0.2, 0) is 24.7 Å². The van der Waals surface area contributed by atoms with Crippen molar-refractivity contribution < 1.29 is 49.8 Å². The highest BCUT2D eigenvalue weighted by molar-refractivity contribution is 7.93. The summed E-state index contributed by atoms with van der Waals surface area (Å²) in [7, 11) is -9.00. The first kappa shape index (κ1) is 24.1. The van der Waals surface area contributed by atoms with Crippen molar-refractivity contribution in [1.29, 1.82) is 0 Å². The summed E-state index contributed by atoms with van der Waals surface area (Å²) in [4.78, 5) is 9.64. The molecule has 0 aliphatic carbocycles. The van der Waals surface area contributed by atoms with E-state index in [0.717, 1.165) is 30.3 Å². The minimum atomic E-state index is -4.97. The van der Waals surface area contributed by atoms with Gasteiger partial charge >= 0.3 is 12.3 Å². The summed E-state index contributed by atoms with van der Waals surface area (Å²) in [5.41, 5.74) is -0.303. The maximum absolute atomic E-state index is 12.8. The molecule has 3 aromatic carbocycles. The summed E-state index contributed by atoms with van der Waals surface area (Å²) in [5.74, 6) is -4.46. The van der Waals surface area contributed by atoms with Crippen LogP contribution < -0.4 is 9.46 Å². The second kappa shape index (κ2) is 8.44. The lowest BCUT2D eigenvalue weighted by Crippen LogP contribution is -2.18. The highest BCUT2D eigenvalue weighted by Gasteiger charge is 2.31. The zero-order valence-corrected chi connectivity index (χ0v) is 17.8. The Bertz CT molecular complexity index is 1430. The Morgan fingerprint density at radius 2 is 1.55 bits per heavy atom. The topological polar surface area (TPSA) is 147 Å². The van der Waals surface area contributed by atoms with Crippen molar-refractivity contribution in [2.24, 2.45) is 0 Å². The van der Waals surface area contributed by atoms with E-state index in [0.29, 0.717) is 0 Å². The van der Waals surface area contributed by atoms with E-state index in [1.165, 1.54) is 24.3 Å². The molecule has 3 aromatic rings. The molecular weight excluding hydrogens is 491 g/mol. The summed E-state index contributed by atoms with van der Waals surface area (Å²) in [6.45, 7) is 0. The number of carboxylic acids is 1. The standard InChI is InChI=1S/C19H14F3NO8S2/c20-19(21,22)31-11-5-7-12(8-6-11)33(29,30)23-15-9-16(32(27,28)10-17(24)25)18(26)14-4-2-1-3-13(14)15/h1-9,23,26H,10H2,(H,24,25). The van der Waals surface area contributed by atoms with Crippen LogP contribution in [0.5, 0.6) is 11.5 Å². The molecule has 0 amide bonds. The molecule has 0 atom stereocenters. The number of benzene rings is 3. The normalized spacial score (nSPS) is 12.5. The largest absolute Gasteiger partial charge is 0.573 e. The van der Waals surface area contributed by atoms with Crippen LogP contribution in [0.2, 0.25) is 0 Å². The fourth-order valence-electron chi connectivity index (χ4n) is 2.92. The first-order valence-electron chi connectivity index (χ1n) is 8.77. The van der Waals surface area contributed by atoms with E-state index in [1.807, 2.05) is 0 Å². The minimum absolute atomic E-state index is 0.0735. The first-order valence-corrected chi connectivity index (χ1v) is 11.9. The number of aliphatic carboxylic acids is 1. The van der Waals surface area contributed by atoms with Crippen LogP contribution in [-0.4, -0.2) is 45.1 Å². The Morgan fingerprint density at radius 1 is 0.970 bits per heavy atom. The van der Waals surface area contributed by atoms with Gasteiger partial charge in [-0.1, -0.05) is 24.3 Å². The van der Waals surface area contributed by atoms with Gasteiger partial charge in [0, 0.05) is 10.8 Å². The summed E-state index contributed by atoms with van der Waals surface area (Å²) >= 11 is 0. The average Bonchev–Trinajstić information content (AvgIpc) is 2.68. The molecule has 0 bridgehead atoms. The maximum Gasteiger partial charge on any atom is 0.573 e. The zero-order chi connectivity index (χ0) is 24.6. The van der Waals surface area contributed by atoms with Crippen molar-refractivity contribution in [1.82, 2.24) is 0 Å². The van der Waals surface area contributed by atoms with Gasteiger partial charge in [0.05, 0.1) is 10.6 Å². The molecule has 33 heavy (non-hydrogen) atoms. The predicted molar refractivity (Wildman–Crippen MR) is 109 cm³/mol. The molecular formula is C19H14F3NO8S2. The highest BCUT2D eigenvalue weighted by Crippen LogP contribution is 2.38. The molecule has 0 unspecified atom stereocenters. The third-order valence-corrected chi connectivity index (χ3v) is 7.23. The SMILES string of the molecule is O=C(O)CS(=O)(=O)c1cc(NS(=O)(=O)c2ccc(OC(F)(F)F)cc2)c2ccccc2c1O. The number of sulfone groups is 1. The molecule has 176 valence electrons. The summed E-state index contributed by atoms with van der Waals surface area (Å²) in [6.07, 6.45) is -4.97. The van der Waals surface area contributed by atoms with Crippen LogP contribution in [0, 0.1) is 0 Å². The minimum Gasteiger partial charge on any atom is -0.506 e. The van der Waals surface area contributed by atoms with Crippen molar-refractivity contribution >= 4 is 42.3 Å². The van der Waals surface area contributed by atoms with Gasteiger partial charge in [0.15, 0.2) is 15.6 Å². The van der Waals surface area contributed by atoms with Gasteiger partial charge in [-0.25, -0.2) is 16.8 Å². The Balaban J connectivity index is 2.08. The van der Waals surface area contributed by atoms with Crippen molar-refractivity contribution in [2.75, 3.05) is 10.5 Å². The van der Waals surface area contributed by atoms with E-state index in [-0.39, 0.29) is 16.5 Å². The van der Waals surface area contributed by atoms with Gasteiger partial charge in [-0.15, -0.1) is 13.2 Å². The van der Waals surface area contributed by atoms with Crippen molar-refractivity contribution in [3.05, 3.63) is 54.6 Å². The third kappa shape index (κ3) is 5.46. The molecule has 0 radical (unpaired) electrons. The number of nitrogens with one attached hydrogen (secondary N) is 1. The fourth-order valence-corrected chi connectivity index (χ4v) is 5.17.